The molecule has 1 rings (SSSR count). The van der Waals surface area contributed by atoms with Gasteiger partial charge in [-0.3, -0.25) is 4.90 Å². The Hall–Kier alpha value is -1.59. The van der Waals surface area contributed by atoms with E-state index in [9.17, 15) is 0 Å². The summed E-state index contributed by atoms with van der Waals surface area (Å²) in [5, 5.41) is 9.11. The molecule has 0 unspecified atom stereocenters. The lowest BCUT2D eigenvalue weighted by molar-refractivity contribution is 0.128. The van der Waals surface area contributed by atoms with Crippen LogP contribution in [-0.2, 0) is 0 Å². The molecule has 0 aromatic heterocycles. The summed E-state index contributed by atoms with van der Waals surface area (Å²) in [5.41, 5.74) is 1.26. The molecule has 19 heavy (non-hydrogen) atoms. The normalized spacial score (nSPS) is 14.1. The van der Waals surface area contributed by atoms with Crippen LogP contribution in [0.5, 0.6) is 0 Å². The molecule has 0 aliphatic carbocycles. The van der Waals surface area contributed by atoms with Crippen molar-refractivity contribution in [3.63, 3.8) is 0 Å². The molecule has 2 atom stereocenters. The summed E-state index contributed by atoms with van der Waals surface area (Å²) >= 11 is 0. The third kappa shape index (κ3) is 4.22. The Kier molecular flexibility index (Phi) is 6.32. The summed E-state index contributed by atoms with van der Waals surface area (Å²) in [7, 11) is 0. The molecule has 0 aliphatic heterocycles. The number of benzene rings is 1. The molecule has 1 aromatic rings. The Morgan fingerprint density at radius 3 is 2.37 bits per heavy atom. The minimum Gasteiger partial charge on any atom is -0.280 e. The molecular weight excluding hydrogens is 232 g/mol. The van der Waals surface area contributed by atoms with Crippen LogP contribution in [0, 0.1) is 17.2 Å². The van der Waals surface area contributed by atoms with Gasteiger partial charge in [0, 0.05) is 12.1 Å². The first-order chi connectivity index (χ1) is 9.11. The Balaban J connectivity index is 2.98. The highest BCUT2D eigenvalue weighted by Crippen LogP contribution is 2.26. The summed E-state index contributed by atoms with van der Waals surface area (Å²) in [6.07, 6.45) is 2.86. The van der Waals surface area contributed by atoms with Crippen LogP contribution in [-0.4, -0.2) is 17.5 Å². The SMILES string of the molecule is C=CC[C@@H](C(C)C)N(CC#N)[C@H](C)c1ccccc1. The Morgan fingerprint density at radius 2 is 1.89 bits per heavy atom. The molecule has 0 heterocycles. The molecule has 0 bridgehead atoms. The lowest BCUT2D eigenvalue weighted by Gasteiger charge is -2.37. The van der Waals surface area contributed by atoms with Gasteiger partial charge in [-0.15, -0.1) is 6.58 Å². The first-order valence-electron chi connectivity index (χ1n) is 6.90. The van der Waals surface area contributed by atoms with Gasteiger partial charge >= 0.3 is 0 Å². The first kappa shape index (κ1) is 15.5. The Bertz CT molecular complexity index is 417. The molecule has 0 aliphatic rings. The zero-order valence-electron chi connectivity index (χ0n) is 12.2. The van der Waals surface area contributed by atoms with Gasteiger partial charge in [0.05, 0.1) is 12.6 Å². The van der Waals surface area contributed by atoms with Crippen LogP contribution < -0.4 is 0 Å². The summed E-state index contributed by atoms with van der Waals surface area (Å²) in [6, 6.07) is 13.3. The van der Waals surface area contributed by atoms with Gasteiger partial charge < -0.3 is 0 Å². The fourth-order valence-electron chi connectivity index (χ4n) is 2.51. The molecule has 2 nitrogen and oxygen atoms in total. The number of rotatable bonds is 7. The monoisotopic (exact) mass is 256 g/mol. The van der Waals surface area contributed by atoms with Crippen molar-refractivity contribution in [1.82, 2.24) is 4.90 Å². The highest BCUT2D eigenvalue weighted by molar-refractivity contribution is 5.19. The van der Waals surface area contributed by atoms with Crippen molar-refractivity contribution in [2.45, 2.75) is 39.3 Å². The standard InChI is InChI=1S/C17H24N2/c1-5-9-17(14(2)3)19(13-12-18)15(4)16-10-7-6-8-11-16/h5-8,10-11,14-15,17H,1,9,13H2,2-4H3/t15-,17+/m1/s1. The molecule has 0 N–H and O–H groups in total. The molecule has 0 spiro atoms. The van der Waals surface area contributed by atoms with Crippen molar-refractivity contribution in [3.8, 4) is 6.07 Å². The average Bonchev–Trinajstić information content (AvgIpc) is 2.42. The number of hydrogen-bond donors (Lipinski definition) is 0. The van der Waals surface area contributed by atoms with Crippen molar-refractivity contribution in [3.05, 3.63) is 48.6 Å². The van der Waals surface area contributed by atoms with E-state index < -0.39 is 0 Å². The van der Waals surface area contributed by atoms with E-state index in [1.54, 1.807) is 0 Å². The Morgan fingerprint density at radius 1 is 1.26 bits per heavy atom. The largest absolute Gasteiger partial charge is 0.280 e. The van der Waals surface area contributed by atoms with Crippen molar-refractivity contribution in [1.29, 1.82) is 5.26 Å². The van der Waals surface area contributed by atoms with E-state index in [4.69, 9.17) is 5.26 Å². The van der Waals surface area contributed by atoms with E-state index in [1.807, 2.05) is 24.3 Å². The molecule has 1 aromatic carbocycles. The van der Waals surface area contributed by atoms with Gasteiger partial charge in [0.25, 0.3) is 0 Å². The highest BCUT2D eigenvalue weighted by atomic mass is 15.2. The molecule has 0 saturated carbocycles. The number of nitriles is 1. The fourth-order valence-corrected chi connectivity index (χ4v) is 2.51. The van der Waals surface area contributed by atoms with Crippen LogP contribution in [0.15, 0.2) is 43.0 Å². The fraction of sp³-hybridized carbons (Fsp3) is 0.471. The summed E-state index contributed by atoms with van der Waals surface area (Å²) < 4.78 is 0. The maximum absolute atomic E-state index is 9.11. The third-order valence-electron chi connectivity index (χ3n) is 3.64. The summed E-state index contributed by atoms with van der Waals surface area (Å²) in [4.78, 5) is 2.28. The molecular formula is C17H24N2. The predicted octanol–water partition coefficient (Wildman–Crippen LogP) is 4.17. The maximum Gasteiger partial charge on any atom is 0.0873 e. The molecule has 0 radical (unpaired) electrons. The van der Waals surface area contributed by atoms with Crippen molar-refractivity contribution < 1.29 is 0 Å². The summed E-state index contributed by atoms with van der Waals surface area (Å²) in [5.74, 6) is 0.498. The second kappa shape index (κ2) is 7.76. The van der Waals surface area contributed by atoms with Crippen LogP contribution in [0.3, 0.4) is 0 Å². The number of hydrogen-bond acceptors (Lipinski definition) is 2. The van der Waals surface area contributed by atoms with E-state index in [-0.39, 0.29) is 6.04 Å². The van der Waals surface area contributed by atoms with Gasteiger partial charge in [-0.1, -0.05) is 50.3 Å². The van der Waals surface area contributed by atoms with Crippen molar-refractivity contribution in [2.24, 2.45) is 5.92 Å². The zero-order valence-corrected chi connectivity index (χ0v) is 12.2. The lowest BCUT2D eigenvalue weighted by atomic mass is 9.95. The van der Waals surface area contributed by atoms with Gasteiger partial charge in [0.15, 0.2) is 0 Å². The van der Waals surface area contributed by atoms with E-state index in [0.29, 0.717) is 18.5 Å². The second-order valence-corrected chi connectivity index (χ2v) is 5.25. The molecule has 102 valence electrons. The molecule has 0 saturated heterocycles. The van der Waals surface area contributed by atoms with Crippen LogP contribution in [0.1, 0.15) is 38.8 Å². The summed E-state index contributed by atoms with van der Waals surface area (Å²) in [6.45, 7) is 10.9. The van der Waals surface area contributed by atoms with Gasteiger partial charge in [-0.05, 0) is 24.8 Å². The van der Waals surface area contributed by atoms with Gasteiger partial charge in [-0.25, -0.2) is 0 Å². The van der Waals surface area contributed by atoms with Gasteiger partial charge in [0.2, 0.25) is 0 Å². The zero-order chi connectivity index (χ0) is 14.3. The van der Waals surface area contributed by atoms with Crippen LogP contribution in [0.25, 0.3) is 0 Å². The topological polar surface area (TPSA) is 27.0 Å². The smallest absolute Gasteiger partial charge is 0.0873 e. The van der Waals surface area contributed by atoms with E-state index >= 15 is 0 Å². The first-order valence-corrected chi connectivity index (χ1v) is 6.90. The molecule has 2 heteroatoms. The van der Waals surface area contributed by atoms with Crippen LogP contribution in [0.2, 0.25) is 0 Å². The quantitative estimate of drug-likeness (QED) is 0.540. The van der Waals surface area contributed by atoms with Gasteiger partial charge in [0.1, 0.15) is 0 Å². The number of nitrogens with zero attached hydrogens (tertiary/aromatic N) is 2. The second-order valence-electron chi connectivity index (χ2n) is 5.25. The lowest BCUT2D eigenvalue weighted by Crippen LogP contribution is -2.40. The maximum atomic E-state index is 9.11. The van der Waals surface area contributed by atoms with Crippen LogP contribution in [0.4, 0.5) is 0 Å². The van der Waals surface area contributed by atoms with Crippen LogP contribution >= 0.6 is 0 Å². The molecule has 0 amide bonds. The van der Waals surface area contributed by atoms with Crippen molar-refractivity contribution in [2.75, 3.05) is 6.54 Å². The highest BCUT2D eigenvalue weighted by Gasteiger charge is 2.25. The third-order valence-corrected chi connectivity index (χ3v) is 3.64. The van der Waals surface area contributed by atoms with Crippen molar-refractivity contribution >= 4 is 0 Å². The minimum absolute atomic E-state index is 0.244. The average molecular weight is 256 g/mol. The molecule has 0 fully saturated rings. The predicted molar refractivity (Wildman–Crippen MR) is 80.6 cm³/mol. The minimum atomic E-state index is 0.244. The Labute approximate surface area is 117 Å². The van der Waals surface area contributed by atoms with E-state index in [2.05, 4.69) is 50.5 Å². The van der Waals surface area contributed by atoms with E-state index in [1.165, 1.54) is 5.56 Å². The van der Waals surface area contributed by atoms with E-state index in [0.717, 1.165) is 6.42 Å². The van der Waals surface area contributed by atoms with Gasteiger partial charge in [-0.2, -0.15) is 5.26 Å².